The molecule has 0 radical (unpaired) electrons. The van der Waals surface area contributed by atoms with E-state index in [2.05, 4.69) is 27.8 Å². The number of amides is 2. The molecule has 0 fully saturated rings. The Morgan fingerprint density at radius 2 is 1.94 bits per heavy atom. The second-order valence-electron chi connectivity index (χ2n) is 8.03. The van der Waals surface area contributed by atoms with Crippen molar-refractivity contribution in [1.82, 2.24) is 10.3 Å². The molecule has 34 heavy (non-hydrogen) atoms. The van der Waals surface area contributed by atoms with Gasteiger partial charge in [0.1, 0.15) is 12.4 Å². The van der Waals surface area contributed by atoms with Gasteiger partial charge in [-0.15, -0.1) is 22.7 Å². The fraction of sp³-hybridized carbons (Fsp3) is 0.192. The summed E-state index contributed by atoms with van der Waals surface area (Å²) in [6.07, 6.45) is 1.80. The molecule has 0 unspecified atom stereocenters. The van der Waals surface area contributed by atoms with Crippen molar-refractivity contribution >= 4 is 39.6 Å². The molecule has 6 nitrogen and oxygen atoms in total. The average molecular weight is 490 g/mol. The van der Waals surface area contributed by atoms with Crippen molar-refractivity contribution in [2.45, 2.75) is 26.4 Å². The van der Waals surface area contributed by atoms with Gasteiger partial charge in [0.25, 0.3) is 5.91 Å². The summed E-state index contributed by atoms with van der Waals surface area (Å²) < 4.78 is 5.81. The number of fused-ring (bicyclic) bond motifs is 3. The maximum atomic E-state index is 12.9. The van der Waals surface area contributed by atoms with Crippen molar-refractivity contribution in [3.8, 4) is 27.4 Å². The molecule has 0 saturated heterocycles. The van der Waals surface area contributed by atoms with Crippen LogP contribution in [0.1, 0.15) is 34.1 Å². The Morgan fingerprint density at radius 1 is 1.12 bits per heavy atom. The van der Waals surface area contributed by atoms with Crippen molar-refractivity contribution < 1.29 is 14.3 Å². The van der Waals surface area contributed by atoms with Gasteiger partial charge in [-0.1, -0.05) is 36.4 Å². The molecule has 0 bridgehead atoms. The van der Waals surface area contributed by atoms with E-state index in [-0.39, 0.29) is 11.8 Å². The minimum atomic E-state index is -0.160. The number of carbonyl (C=O) groups is 2. The van der Waals surface area contributed by atoms with E-state index in [0.717, 1.165) is 45.9 Å². The number of carbonyl (C=O) groups excluding carboxylic acids is 2. The Hall–Kier alpha value is -3.49. The van der Waals surface area contributed by atoms with Crippen molar-refractivity contribution in [3.63, 3.8) is 0 Å². The van der Waals surface area contributed by atoms with Crippen LogP contribution in [0.15, 0.2) is 60.0 Å². The first-order valence-corrected chi connectivity index (χ1v) is 12.7. The van der Waals surface area contributed by atoms with Gasteiger partial charge in [-0.2, -0.15) is 0 Å². The molecule has 1 aliphatic heterocycles. The highest BCUT2D eigenvalue weighted by Gasteiger charge is 2.22. The van der Waals surface area contributed by atoms with Gasteiger partial charge in [0.2, 0.25) is 5.91 Å². The zero-order valence-electron chi connectivity index (χ0n) is 18.6. The lowest BCUT2D eigenvalue weighted by atomic mass is 10.1. The summed E-state index contributed by atoms with van der Waals surface area (Å²) in [6, 6.07) is 18.1. The third-order valence-electron chi connectivity index (χ3n) is 5.54. The van der Waals surface area contributed by atoms with Crippen LogP contribution in [0.25, 0.3) is 21.7 Å². The number of hydrogen-bond acceptors (Lipinski definition) is 6. The van der Waals surface area contributed by atoms with Crippen LogP contribution in [0.4, 0.5) is 5.13 Å². The molecule has 0 atom stereocenters. The van der Waals surface area contributed by atoms with E-state index >= 15 is 0 Å². The predicted octanol–water partition coefficient (Wildman–Crippen LogP) is 5.75. The lowest BCUT2D eigenvalue weighted by Gasteiger charge is -2.16. The van der Waals surface area contributed by atoms with Crippen molar-refractivity contribution in [1.29, 1.82) is 0 Å². The third kappa shape index (κ3) is 4.88. The molecule has 0 spiro atoms. The zero-order valence-corrected chi connectivity index (χ0v) is 20.2. The first kappa shape index (κ1) is 22.3. The Kier molecular flexibility index (Phi) is 6.42. The van der Waals surface area contributed by atoms with E-state index in [4.69, 9.17) is 4.74 Å². The molecular weight excluding hydrogens is 466 g/mol. The number of nitrogens with one attached hydrogen (secondary N) is 2. The Balaban J connectivity index is 1.23. The van der Waals surface area contributed by atoms with Crippen LogP contribution >= 0.6 is 22.7 Å². The number of anilines is 1. The van der Waals surface area contributed by atoms with Crippen molar-refractivity contribution in [2.75, 3.05) is 11.9 Å². The third-order valence-corrected chi connectivity index (χ3v) is 7.51. The topological polar surface area (TPSA) is 80.3 Å². The first-order chi connectivity index (χ1) is 16.6. The van der Waals surface area contributed by atoms with E-state index in [1.807, 2.05) is 47.8 Å². The lowest BCUT2D eigenvalue weighted by molar-refractivity contribution is -0.118. The van der Waals surface area contributed by atoms with Crippen LogP contribution in [-0.4, -0.2) is 23.3 Å². The molecular formula is C26H23N3O3S2. The number of rotatable bonds is 7. The standard InChI is InChI=1S/C26H23N3O3S2/c1-16(30)27-12-4-5-17-8-10-18(11-9-17)21-15-33-26(28-21)29-25(31)23-13-19-14-32-22-7-3-2-6-20(22)24(19)34-23/h2-3,6-11,13,15H,4-5,12,14H2,1H3,(H,27,30)(H,28,29,31). The Labute approximate surface area is 205 Å². The quantitative estimate of drug-likeness (QED) is 0.324. The van der Waals surface area contributed by atoms with Gasteiger partial charge in [0.15, 0.2) is 5.13 Å². The number of hydrogen-bond donors (Lipinski definition) is 2. The van der Waals surface area contributed by atoms with Gasteiger partial charge in [-0.05, 0) is 36.6 Å². The lowest BCUT2D eigenvalue weighted by Crippen LogP contribution is -2.21. The number of thiazole rings is 1. The summed E-state index contributed by atoms with van der Waals surface area (Å²) in [5.74, 6) is 0.694. The second-order valence-corrected chi connectivity index (χ2v) is 9.94. The van der Waals surface area contributed by atoms with Crippen LogP contribution < -0.4 is 15.4 Å². The number of nitrogens with zero attached hydrogens (tertiary/aromatic N) is 1. The maximum Gasteiger partial charge on any atom is 0.267 e. The predicted molar refractivity (Wildman–Crippen MR) is 137 cm³/mol. The first-order valence-electron chi connectivity index (χ1n) is 11.0. The van der Waals surface area contributed by atoms with Gasteiger partial charge >= 0.3 is 0 Å². The molecule has 1 aliphatic rings. The Bertz CT molecular complexity index is 1340. The van der Waals surface area contributed by atoms with E-state index in [9.17, 15) is 9.59 Å². The van der Waals surface area contributed by atoms with Gasteiger partial charge < -0.3 is 10.1 Å². The van der Waals surface area contributed by atoms with Crippen molar-refractivity contribution in [3.05, 3.63) is 76.0 Å². The van der Waals surface area contributed by atoms with Gasteiger partial charge in [0, 0.05) is 40.4 Å². The maximum absolute atomic E-state index is 12.9. The smallest absolute Gasteiger partial charge is 0.267 e. The minimum absolute atomic E-state index is 0.000183. The van der Waals surface area contributed by atoms with E-state index in [1.54, 1.807) is 0 Å². The molecule has 8 heteroatoms. The molecule has 172 valence electrons. The highest BCUT2D eigenvalue weighted by atomic mass is 32.1. The normalized spacial score (nSPS) is 11.8. The van der Waals surface area contributed by atoms with Gasteiger partial charge in [-0.3, -0.25) is 14.9 Å². The molecule has 5 rings (SSSR count). The number of aromatic nitrogens is 1. The summed E-state index contributed by atoms with van der Waals surface area (Å²) in [6.45, 7) is 2.68. The summed E-state index contributed by atoms with van der Waals surface area (Å²) in [4.78, 5) is 30.2. The molecule has 4 aromatic rings. The van der Waals surface area contributed by atoms with E-state index < -0.39 is 0 Å². The van der Waals surface area contributed by atoms with Crippen molar-refractivity contribution in [2.24, 2.45) is 0 Å². The van der Waals surface area contributed by atoms with Gasteiger partial charge in [0.05, 0.1) is 10.6 Å². The van der Waals surface area contributed by atoms with Crippen LogP contribution in [0.3, 0.4) is 0 Å². The summed E-state index contributed by atoms with van der Waals surface area (Å²) in [5, 5.41) is 8.27. The van der Waals surface area contributed by atoms with Crippen LogP contribution in [0, 0.1) is 0 Å². The second kappa shape index (κ2) is 9.79. The monoisotopic (exact) mass is 489 g/mol. The molecule has 2 N–H and O–H groups in total. The molecule has 2 amide bonds. The average Bonchev–Trinajstić information content (AvgIpc) is 3.50. The fourth-order valence-corrected chi connectivity index (χ4v) is 5.64. The largest absolute Gasteiger partial charge is 0.488 e. The molecule has 0 aliphatic carbocycles. The van der Waals surface area contributed by atoms with Crippen LogP contribution in [-0.2, 0) is 17.8 Å². The van der Waals surface area contributed by atoms with Crippen LogP contribution in [0.2, 0.25) is 0 Å². The highest BCUT2D eigenvalue weighted by molar-refractivity contribution is 7.18. The van der Waals surface area contributed by atoms with Crippen LogP contribution in [0.5, 0.6) is 5.75 Å². The number of benzene rings is 2. The number of thiophene rings is 1. The SMILES string of the molecule is CC(=O)NCCCc1ccc(-c2csc(NC(=O)c3cc4c(s3)-c3ccccc3OC4)n2)cc1. The minimum Gasteiger partial charge on any atom is -0.488 e. The number of para-hydroxylation sites is 1. The Morgan fingerprint density at radius 3 is 2.76 bits per heavy atom. The fourth-order valence-electron chi connectivity index (χ4n) is 3.83. The summed E-state index contributed by atoms with van der Waals surface area (Å²) in [5.41, 5.74) is 5.11. The van der Waals surface area contributed by atoms with E-state index in [1.165, 1.54) is 35.2 Å². The van der Waals surface area contributed by atoms with E-state index in [0.29, 0.717) is 23.2 Å². The highest BCUT2D eigenvalue weighted by Crippen LogP contribution is 2.42. The molecule has 0 saturated carbocycles. The zero-order chi connectivity index (χ0) is 23.5. The number of aryl methyl sites for hydroxylation is 1. The summed E-state index contributed by atoms with van der Waals surface area (Å²) in [7, 11) is 0. The van der Waals surface area contributed by atoms with Gasteiger partial charge in [-0.25, -0.2) is 4.98 Å². The molecule has 2 aromatic heterocycles. The molecule has 3 heterocycles. The number of ether oxygens (including phenoxy) is 1. The molecule has 2 aromatic carbocycles. The summed E-state index contributed by atoms with van der Waals surface area (Å²) >= 11 is 2.89.